The lowest BCUT2D eigenvalue weighted by Gasteiger charge is -2.05. The van der Waals surface area contributed by atoms with Crippen molar-refractivity contribution in [1.82, 2.24) is 14.0 Å². The number of aromatic nitrogens is 3. The van der Waals surface area contributed by atoms with Crippen molar-refractivity contribution in [3.8, 4) is 16.9 Å². The van der Waals surface area contributed by atoms with Gasteiger partial charge in [-0.2, -0.15) is 0 Å². The highest BCUT2D eigenvalue weighted by Gasteiger charge is 2.12. The average Bonchev–Trinajstić information content (AvgIpc) is 3.02. The highest BCUT2D eigenvalue weighted by Crippen LogP contribution is 2.23. The number of benzene rings is 2. The van der Waals surface area contributed by atoms with Crippen LogP contribution in [0.3, 0.4) is 0 Å². The van der Waals surface area contributed by atoms with Crippen molar-refractivity contribution < 1.29 is 4.39 Å². The molecule has 0 aliphatic rings. The molecule has 0 saturated heterocycles. The van der Waals surface area contributed by atoms with E-state index in [1.807, 2.05) is 32.2 Å². The molecule has 4 aromatic rings. The molecule has 0 atom stereocenters. The summed E-state index contributed by atoms with van der Waals surface area (Å²) >= 11 is 0. The van der Waals surface area contributed by atoms with Crippen molar-refractivity contribution in [2.24, 2.45) is 0 Å². The minimum absolute atomic E-state index is 0.287. The summed E-state index contributed by atoms with van der Waals surface area (Å²) in [7, 11) is 0. The Labute approximate surface area is 143 Å². The van der Waals surface area contributed by atoms with Gasteiger partial charge in [-0.05, 0) is 43.7 Å². The molecular weight excluding hydrogens is 317 g/mol. The normalized spacial score (nSPS) is 11.2. The number of fused-ring (bicyclic) bond motifs is 1. The summed E-state index contributed by atoms with van der Waals surface area (Å²) in [5.74, 6) is -0.385. The van der Waals surface area contributed by atoms with Crippen molar-refractivity contribution in [2.45, 2.75) is 13.8 Å². The molecule has 0 N–H and O–H groups in total. The molecule has 0 radical (unpaired) electrons. The van der Waals surface area contributed by atoms with E-state index < -0.39 is 0 Å². The number of aryl methyl sites for hydroxylation is 2. The summed E-state index contributed by atoms with van der Waals surface area (Å²) < 4.78 is 16.6. The summed E-state index contributed by atoms with van der Waals surface area (Å²) in [5.41, 5.74) is 4.47. The van der Waals surface area contributed by atoms with Crippen LogP contribution in [-0.2, 0) is 0 Å². The molecule has 0 aliphatic carbocycles. The Morgan fingerprint density at radius 2 is 1.88 bits per heavy atom. The maximum atomic E-state index is 13.5. The minimum atomic E-state index is -0.385. The molecule has 25 heavy (non-hydrogen) atoms. The first-order valence-electron chi connectivity index (χ1n) is 7.97. The van der Waals surface area contributed by atoms with Gasteiger partial charge in [0, 0.05) is 24.2 Å². The van der Waals surface area contributed by atoms with E-state index in [0.29, 0.717) is 11.3 Å². The lowest BCUT2D eigenvalue weighted by atomic mass is 10.0. The van der Waals surface area contributed by atoms with Crippen molar-refractivity contribution in [3.05, 3.63) is 88.4 Å². The fourth-order valence-corrected chi connectivity index (χ4v) is 2.95. The lowest BCUT2D eigenvalue weighted by molar-refractivity contribution is 0.626. The fourth-order valence-electron chi connectivity index (χ4n) is 2.95. The number of halogens is 1. The van der Waals surface area contributed by atoms with Crippen molar-refractivity contribution in [3.63, 3.8) is 0 Å². The van der Waals surface area contributed by atoms with E-state index in [1.54, 1.807) is 28.9 Å². The predicted molar refractivity (Wildman–Crippen MR) is 95.7 cm³/mol. The summed E-state index contributed by atoms with van der Waals surface area (Å²) in [6.45, 7) is 4.04. The minimum Gasteiger partial charge on any atom is -0.300 e. The third-order valence-corrected chi connectivity index (χ3v) is 4.27. The second kappa shape index (κ2) is 5.70. The summed E-state index contributed by atoms with van der Waals surface area (Å²) in [4.78, 5) is 17.3. The first-order chi connectivity index (χ1) is 12.0. The molecule has 0 aliphatic heterocycles. The van der Waals surface area contributed by atoms with Gasteiger partial charge in [-0.1, -0.05) is 23.8 Å². The Morgan fingerprint density at radius 1 is 1.04 bits per heavy atom. The molecule has 2 aromatic heterocycles. The largest absolute Gasteiger partial charge is 0.300 e. The summed E-state index contributed by atoms with van der Waals surface area (Å²) in [5, 5.41) is 0. The van der Waals surface area contributed by atoms with Gasteiger partial charge >= 0.3 is 0 Å². The standard InChI is InChI=1S/C20H16FN3O/c1-13-6-7-14(2)17(10-13)18-12-23-8-9-24(20(25)19(23)22-18)16-5-3-4-15(21)11-16/h3-12H,1-2H3. The lowest BCUT2D eigenvalue weighted by Crippen LogP contribution is -2.20. The second-order valence-electron chi connectivity index (χ2n) is 6.13. The van der Waals surface area contributed by atoms with Gasteiger partial charge in [0.1, 0.15) is 5.82 Å². The fraction of sp³-hybridized carbons (Fsp3) is 0.100. The van der Waals surface area contributed by atoms with Gasteiger partial charge in [0.25, 0.3) is 5.56 Å². The number of rotatable bonds is 2. The molecule has 4 nitrogen and oxygen atoms in total. The summed E-state index contributed by atoms with van der Waals surface area (Å²) in [6, 6.07) is 12.1. The molecule has 2 aromatic carbocycles. The molecule has 0 saturated carbocycles. The molecule has 2 heterocycles. The zero-order valence-corrected chi connectivity index (χ0v) is 13.9. The quantitative estimate of drug-likeness (QED) is 0.558. The Morgan fingerprint density at radius 3 is 2.68 bits per heavy atom. The van der Waals surface area contributed by atoms with Crippen LogP contribution in [0, 0.1) is 19.7 Å². The van der Waals surface area contributed by atoms with Gasteiger partial charge in [0.15, 0.2) is 0 Å². The Bertz CT molecular complexity index is 1160. The van der Waals surface area contributed by atoms with Crippen LogP contribution in [0.25, 0.3) is 22.6 Å². The third kappa shape index (κ3) is 2.63. The average molecular weight is 333 g/mol. The van der Waals surface area contributed by atoms with Gasteiger partial charge in [0.05, 0.1) is 11.4 Å². The second-order valence-corrected chi connectivity index (χ2v) is 6.13. The Kier molecular flexibility index (Phi) is 3.50. The van der Waals surface area contributed by atoms with Crippen LogP contribution < -0.4 is 5.56 Å². The molecule has 4 rings (SSSR count). The molecule has 0 fully saturated rings. The topological polar surface area (TPSA) is 39.3 Å². The van der Waals surface area contributed by atoms with Crippen molar-refractivity contribution >= 4 is 5.65 Å². The monoisotopic (exact) mass is 333 g/mol. The maximum absolute atomic E-state index is 13.5. The zero-order chi connectivity index (χ0) is 17.6. The summed E-state index contributed by atoms with van der Waals surface area (Å²) in [6.07, 6.45) is 5.22. The van der Waals surface area contributed by atoms with Gasteiger partial charge in [-0.25, -0.2) is 9.37 Å². The van der Waals surface area contributed by atoms with E-state index in [2.05, 4.69) is 11.1 Å². The van der Waals surface area contributed by atoms with Crippen LogP contribution in [0.15, 0.2) is 65.8 Å². The molecule has 0 bridgehead atoms. The van der Waals surface area contributed by atoms with Crippen LogP contribution >= 0.6 is 0 Å². The van der Waals surface area contributed by atoms with Gasteiger partial charge in [-0.3, -0.25) is 9.36 Å². The highest BCUT2D eigenvalue weighted by molar-refractivity contribution is 5.66. The van der Waals surface area contributed by atoms with E-state index in [9.17, 15) is 9.18 Å². The first-order valence-corrected chi connectivity index (χ1v) is 7.97. The Hall–Kier alpha value is -3.21. The maximum Gasteiger partial charge on any atom is 0.298 e. The predicted octanol–water partition coefficient (Wildman–Crippen LogP) is 3.91. The van der Waals surface area contributed by atoms with Crippen LogP contribution in [-0.4, -0.2) is 14.0 Å². The molecule has 0 spiro atoms. The van der Waals surface area contributed by atoms with E-state index in [4.69, 9.17) is 0 Å². The molecule has 5 heteroatoms. The first kappa shape index (κ1) is 15.3. The number of imidazole rings is 1. The SMILES string of the molecule is Cc1ccc(C)c(-c2cn3ccn(-c4cccc(F)c4)c(=O)c3n2)c1. The Balaban J connectivity index is 1.91. The van der Waals surface area contributed by atoms with E-state index in [0.717, 1.165) is 22.4 Å². The van der Waals surface area contributed by atoms with E-state index in [1.165, 1.54) is 16.7 Å². The zero-order valence-electron chi connectivity index (χ0n) is 13.9. The van der Waals surface area contributed by atoms with E-state index in [-0.39, 0.29) is 11.4 Å². The number of nitrogens with zero attached hydrogens (tertiary/aromatic N) is 3. The smallest absolute Gasteiger partial charge is 0.298 e. The van der Waals surface area contributed by atoms with Crippen molar-refractivity contribution in [2.75, 3.05) is 0 Å². The number of hydrogen-bond donors (Lipinski definition) is 0. The molecule has 0 unspecified atom stereocenters. The van der Waals surface area contributed by atoms with Crippen LogP contribution in [0.4, 0.5) is 4.39 Å². The molecular formula is C20H16FN3O. The van der Waals surface area contributed by atoms with Crippen LogP contribution in [0.1, 0.15) is 11.1 Å². The van der Waals surface area contributed by atoms with Crippen LogP contribution in [0.2, 0.25) is 0 Å². The van der Waals surface area contributed by atoms with Gasteiger partial charge < -0.3 is 4.40 Å². The molecule has 124 valence electrons. The van der Waals surface area contributed by atoms with Crippen LogP contribution in [0.5, 0.6) is 0 Å². The number of hydrogen-bond acceptors (Lipinski definition) is 2. The van der Waals surface area contributed by atoms with Gasteiger partial charge in [-0.15, -0.1) is 0 Å². The highest BCUT2D eigenvalue weighted by atomic mass is 19.1. The van der Waals surface area contributed by atoms with Crippen molar-refractivity contribution in [1.29, 1.82) is 0 Å². The molecule has 0 amide bonds. The van der Waals surface area contributed by atoms with E-state index >= 15 is 0 Å². The third-order valence-electron chi connectivity index (χ3n) is 4.27. The van der Waals surface area contributed by atoms with Gasteiger partial charge in [0.2, 0.25) is 5.65 Å².